The highest BCUT2D eigenvalue weighted by atomic mass is 19.1. The van der Waals surface area contributed by atoms with Crippen LogP contribution in [0.3, 0.4) is 0 Å². The summed E-state index contributed by atoms with van der Waals surface area (Å²) in [7, 11) is 0. The summed E-state index contributed by atoms with van der Waals surface area (Å²) in [5.74, 6) is -0.308. The van der Waals surface area contributed by atoms with Crippen LogP contribution in [0.25, 0.3) is 0 Å². The smallest absolute Gasteiger partial charge is 0.408 e. The molecule has 1 amide bonds. The fraction of sp³-hybridized carbons (Fsp3) is 0.500. The zero-order valence-electron chi connectivity index (χ0n) is 11.3. The molecule has 100 valence electrons. The molecule has 0 heterocycles. The van der Waals surface area contributed by atoms with Crippen molar-refractivity contribution in [3.05, 3.63) is 35.6 Å². The van der Waals surface area contributed by atoms with Gasteiger partial charge in [-0.15, -0.1) is 0 Å². The molecule has 1 unspecified atom stereocenters. The van der Waals surface area contributed by atoms with Gasteiger partial charge in [-0.1, -0.05) is 19.1 Å². The van der Waals surface area contributed by atoms with Crippen molar-refractivity contribution in [3.8, 4) is 0 Å². The zero-order valence-corrected chi connectivity index (χ0v) is 11.3. The number of carbonyl (C=O) groups is 1. The van der Waals surface area contributed by atoms with Crippen molar-refractivity contribution < 1.29 is 13.9 Å². The minimum absolute atomic E-state index is 0.240. The predicted molar refractivity (Wildman–Crippen MR) is 68.8 cm³/mol. The van der Waals surface area contributed by atoms with Crippen molar-refractivity contribution >= 4 is 6.09 Å². The van der Waals surface area contributed by atoms with Crippen LogP contribution < -0.4 is 5.32 Å². The van der Waals surface area contributed by atoms with E-state index in [0.717, 1.165) is 5.56 Å². The lowest BCUT2D eigenvalue weighted by Crippen LogP contribution is -2.34. The second-order valence-corrected chi connectivity index (χ2v) is 5.16. The number of alkyl carbamates (subject to hydrolysis) is 1. The van der Waals surface area contributed by atoms with Crippen molar-refractivity contribution in [2.45, 2.75) is 45.8 Å². The van der Waals surface area contributed by atoms with Crippen molar-refractivity contribution in [2.75, 3.05) is 0 Å². The van der Waals surface area contributed by atoms with Gasteiger partial charge in [-0.25, -0.2) is 9.18 Å². The maximum absolute atomic E-state index is 13.1. The average molecular weight is 253 g/mol. The van der Waals surface area contributed by atoms with E-state index in [9.17, 15) is 9.18 Å². The van der Waals surface area contributed by atoms with E-state index in [1.165, 1.54) is 12.1 Å². The van der Waals surface area contributed by atoms with Crippen LogP contribution in [0.5, 0.6) is 0 Å². The lowest BCUT2D eigenvalue weighted by atomic mass is 10.0. The lowest BCUT2D eigenvalue weighted by Gasteiger charge is -2.23. The minimum atomic E-state index is -0.537. The average Bonchev–Trinajstić information content (AvgIpc) is 2.23. The topological polar surface area (TPSA) is 38.3 Å². The third-order valence-corrected chi connectivity index (χ3v) is 2.35. The Morgan fingerprint density at radius 3 is 2.61 bits per heavy atom. The standard InChI is InChI=1S/C14H20FNO2/c1-5-12(10-7-6-8-11(15)9-10)16-13(17)18-14(2,3)4/h6-9,12H,5H2,1-4H3,(H,16,17). The molecular weight excluding hydrogens is 233 g/mol. The fourth-order valence-electron chi connectivity index (χ4n) is 1.59. The largest absolute Gasteiger partial charge is 0.444 e. The molecule has 1 N–H and O–H groups in total. The van der Waals surface area contributed by atoms with E-state index in [-0.39, 0.29) is 11.9 Å². The number of benzene rings is 1. The molecule has 4 heteroatoms. The van der Waals surface area contributed by atoms with Gasteiger partial charge >= 0.3 is 6.09 Å². The first-order valence-electron chi connectivity index (χ1n) is 6.07. The first kappa shape index (κ1) is 14.5. The summed E-state index contributed by atoms with van der Waals surface area (Å²) in [5, 5.41) is 2.74. The van der Waals surface area contributed by atoms with Crippen LogP contribution in [-0.2, 0) is 4.74 Å². The van der Waals surface area contributed by atoms with E-state index < -0.39 is 11.7 Å². The van der Waals surface area contributed by atoms with E-state index in [0.29, 0.717) is 6.42 Å². The van der Waals surface area contributed by atoms with Crippen LogP contribution in [0.1, 0.15) is 45.7 Å². The molecule has 3 nitrogen and oxygen atoms in total. The van der Waals surface area contributed by atoms with Crippen LogP contribution in [-0.4, -0.2) is 11.7 Å². The first-order valence-corrected chi connectivity index (χ1v) is 6.07. The van der Waals surface area contributed by atoms with Crippen molar-refractivity contribution in [2.24, 2.45) is 0 Å². The highest BCUT2D eigenvalue weighted by Crippen LogP contribution is 2.18. The SMILES string of the molecule is CCC(NC(=O)OC(C)(C)C)c1cccc(F)c1. The molecule has 1 aromatic rings. The van der Waals surface area contributed by atoms with Gasteiger partial charge in [-0.05, 0) is 44.9 Å². The van der Waals surface area contributed by atoms with E-state index in [1.54, 1.807) is 32.9 Å². The Morgan fingerprint density at radius 2 is 2.11 bits per heavy atom. The molecule has 0 radical (unpaired) electrons. The van der Waals surface area contributed by atoms with Crippen LogP contribution >= 0.6 is 0 Å². The number of halogens is 1. The summed E-state index contributed by atoms with van der Waals surface area (Å²) in [5.41, 5.74) is 0.202. The summed E-state index contributed by atoms with van der Waals surface area (Å²) in [6.07, 6.45) is 0.182. The van der Waals surface area contributed by atoms with Crippen LogP contribution in [0, 0.1) is 5.82 Å². The van der Waals surface area contributed by atoms with Crippen molar-refractivity contribution in [1.29, 1.82) is 0 Å². The fourth-order valence-corrected chi connectivity index (χ4v) is 1.59. The molecule has 0 aliphatic carbocycles. The van der Waals surface area contributed by atoms with Crippen molar-refractivity contribution in [3.63, 3.8) is 0 Å². The van der Waals surface area contributed by atoms with E-state index in [1.807, 2.05) is 6.92 Å². The van der Waals surface area contributed by atoms with Gasteiger partial charge in [0.25, 0.3) is 0 Å². The van der Waals surface area contributed by atoms with Gasteiger partial charge in [0.15, 0.2) is 0 Å². The summed E-state index contributed by atoms with van der Waals surface area (Å²) in [6.45, 7) is 7.33. The Labute approximate surface area is 107 Å². The van der Waals surface area contributed by atoms with Gasteiger partial charge in [-0.2, -0.15) is 0 Å². The number of ether oxygens (including phenoxy) is 1. The predicted octanol–water partition coefficient (Wildman–Crippen LogP) is 3.80. The molecule has 0 aliphatic heterocycles. The number of hydrogen-bond acceptors (Lipinski definition) is 2. The van der Waals surface area contributed by atoms with E-state index in [2.05, 4.69) is 5.32 Å². The maximum Gasteiger partial charge on any atom is 0.408 e. The Morgan fingerprint density at radius 1 is 1.44 bits per heavy atom. The highest BCUT2D eigenvalue weighted by molar-refractivity contribution is 5.68. The molecule has 0 bridgehead atoms. The molecule has 1 atom stereocenters. The highest BCUT2D eigenvalue weighted by Gasteiger charge is 2.19. The van der Waals surface area contributed by atoms with Crippen LogP contribution in [0.2, 0.25) is 0 Å². The molecule has 0 fully saturated rings. The number of rotatable bonds is 3. The Kier molecular flexibility index (Phi) is 4.70. The molecule has 1 aromatic carbocycles. The summed E-state index contributed by atoms with van der Waals surface area (Å²) < 4.78 is 18.3. The van der Waals surface area contributed by atoms with Gasteiger partial charge in [-0.3, -0.25) is 0 Å². The summed E-state index contributed by atoms with van der Waals surface area (Å²) in [4.78, 5) is 11.7. The first-order chi connectivity index (χ1) is 8.31. The molecular formula is C14H20FNO2. The number of carbonyl (C=O) groups excluding carboxylic acids is 1. The van der Waals surface area contributed by atoms with Gasteiger partial charge in [0.2, 0.25) is 0 Å². The number of hydrogen-bond donors (Lipinski definition) is 1. The van der Waals surface area contributed by atoms with Crippen LogP contribution in [0.4, 0.5) is 9.18 Å². The number of amides is 1. The molecule has 0 saturated heterocycles. The van der Waals surface area contributed by atoms with Crippen molar-refractivity contribution in [1.82, 2.24) is 5.32 Å². The second-order valence-electron chi connectivity index (χ2n) is 5.16. The third-order valence-electron chi connectivity index (χ3n) is 2.35. The summed E-state index contributed by atoms with van der Waals surface area (Å²) >= 11 is 0. The summed E-state index contributed by atoms with van der Waals surface area (Å²) in [6, 6.07) is 5.98. The Bertz CT molecular complexity index is 413. The normalized spacial score (nSPS) is 12.9. The van der Waals surface area contributed by atoms with Gasteiger partial charge in [0.1, 0.15) is 11.4 Å². The maximum atomic E-state index is 13.1. The second kappa shape index (κ2) is 5.85. The molecule has 0 aromatic heterocycles. The van der Waals surface area contributed by atoms with E-state index >= 15 is 0 Å². The minimum Gasteiger partial charge on any atom is -0.444 e. The molecule has 0 aliphatic rings. The lowest BCUT2D eigenvalue weighted by molar-refractivity contribution is 0.0502. The monoisotopic (exact) mass is 253 g/mol. The Hall–Kier alpha value is -1.58. The van der Waals surface area contributed by atoms with E-state index in [4.69, 9.17) is 4.74 Å². The third kappa shape index (κ3) is 4.73. The van der Waals surface area contributed by atoms with Gasteiger partial charge in [0.05, 0.1) is 6.04 Å². The molecule has 0 spiro atoms. The zero-order chi connectivity index (χ0) is 13.8. The van der Waals surface area contributed by atoms with Gasteiger partial charge < -0.3 is 10.1 Å². The molecule has 0 saturated carbocycles. The van der Waals surface area contributed by atoms with Crippen LogP contribution in [0.15, 0.2) is 24.3 Å². The quantitative estimate of drug-likeness (QED) is 0.889. The molecule has 1 rings (SSSR count). The van der Waals surface area contributed by atoms with Gasteiger partial charge in [0, 0.05) is 0 Å². The molecule has 18 heavy (non-hydrogen) atoms. The Balaban J connectivity index is 2.71. The number of nitrogens with one attached hydrogen (secondary N) is 1.